The summed E-state index contributed by atoms with van der Waals surface area (Å²) in [5.41, 5.74) is 0. The van der Waals surface area contributed by atoms with Gasteiger partial charge in [0.2, 0.25) is 5.91 Å². The van der Waals surface area contributed by atoms with Gasteiger partial charge in [0.15, 0.2) is 18.9 Å². The molecule has 3 rings (SSSR count). The molecular weight excluding hydrogens is 1130 g/mol. The summed E-state index contributed by atoms with van der Waals surface area (Å²) in [5.74, 6) is -0.270. The van der Waals surface area contributed by atoms with Crippen molar-refractivity contribution in [1.82, 2.24) is 5.32 Å². The van der Waals surface area contributed by atoms with Gasteiger partial charge in [-0.25, -0.2) is 0 Å². The van der Waals surface area contributed by atoms with Gasteiger partial charge in [0.25, 0.3) is 0 Å². The number of allylic oxidation sites excluding steroid dienone is 20. The van der Waals surface area contributed by atoms with Crippen LogP contribution in [0.3, 0.4) is 0 Å². The van der Waals surface area contributed by atoms with Gasteiger partial charge < -0.3 is 89.9 Å². The van der Waals surface area contributed by atoms with Crippen molar-refractivity contribution in [3.8, 4) is 0 Å². The summed E-state index contributed by atoms with van der Waals surface area (Å²) in [7, 11) is 0. The Morgan fingerprint density at radius 2 is 0.784 bits per heavy atom. The molecule has 17 unspecified atom stereocenters. The monoisotopic (exact) mass is 1240 g/mol. The zero-order valence-electron chi connectivity index (χ0n) is 52.6. The van der Waals surface area contributed by atoms with Crippen LogP contribution in [0.25, 0.3) is 0 Å². The lowest BCUT2D eigenvalue weighted by Gasteiger charge is -2.48. The topological polar surface area (TPSA) is 307 Å². The predicted molar refractivity (Wildman–Crippen MR) is 341 cm³/mol. The van der Waals surface area contributed by atoms with Gasteiger partial charge in [0.1, 0.15) is 73.2 Å². The summed E-state index contributed by atoms with van der Waals surface area (Å²) >= 11 is 0. The number of carbonyl (C=O) groups is 1. The molecule has 0 bridgehead atoms. The summed E-state index contributed by atoms with van der Waals surface area (Å²) in [6.45, 7) is 1.55. The van der Waals surface area contributed by atoms with E-state index in [4.69, 9.17) is 28.4 Å². The maximum atomic E-state index is 13.3. The van der Waals surface area contributed by atoms with E-state index in [1.807, 2.05) is 0 Å². The minimum absolute atomic E-state index is 0.240. The number of amides is 1. The van der Waals surface area contributed by atoms with Crippen LogP contribution in [0.1, 0.15) is 174 Å². The smallest absolute Gasteiger partial charge is 0.220 e. The van der Waals surface area contributed by atoms with E-state index in [-0.39, 0.29) is 18.9 Å². The Hall–Kier alpha value is -3.81. The lowest BCUT2D eigenvalue weighted by molar-refractivity contribution is -0.379. The van der Waals surface area contributed by atoms with Gasteiger partial charge in [-0.15, -0.1) is 0 Å². The third kappa shape index (κ3) is 32.0. The molecule has 502 valence electrons. The third-order valence-corrected chi connectivity index (χ3v) is 15.6. The highest BCUT2D eigenvalue weighted by Crippen LogP contribution is 2.33. The van der Waals surface area contributed by atoms with E-state index in [2.05, 4.69) is 141 Å². The number of aliphatic hydroxyl groups is 11. The molecule has 17 atom stereocenters. The number of aliphatic hydroxyl groups excluding tert-OH is 11. The van der Waals surface area contributed by atoms with Crippen LogP contribution in [-0.2, 0) is 33.2 Å². The second-order valence-corrected chi connectivity index (χ2v) is 22.8. The van der Waals surface area contributed by atoms with Gasteiger partial charge in [0.05, 0.1) is 38.6 Å². The first kappa shape index (κ1) is 78.4. The Morgan fingerprint density at radius 1 is 0.420 bits per heavy atom. The third-order valence-electron chi connectivity index (χ3n) is 15.6. The summed E-state index contributed by atoms with van der Waals surface area (Å²) in [4.78, 5) is 13.3. The zero-order valence-corrected chi connectivity index (χ0v) is 52.6. The zero-order chi connectivity index (χ0) is 64.0. The van der Waals surface area contributed by atoms with Crippen molar-refractivity contribution in [2.45, 2.75) is 279 Å². The predicted octanol–water partition coefficient (Wildman–Crippen LogP) is 7.65. The van der Waals surface area contributed by atoms with Crippen molar-refractivity contribution < 1.29 is 89.4 Å². The van der Waals surface area contributed by atoms with E-state index in [9.17, 15) is 61.0 Å². The Balaban J connectivity index is 1.31. The fourth-order valence-corrected chi connectivity index (χ4v) is 10.2. The molecule has 0 aromatic carbocycles. The molecule has 0 aromatic heterocycles. The van der Waals surface area contributed by atoms with E-state index in [1.54, 1.807) is 0 Å². The number of nitrogens with one attached hydrogen (secondary N) is 1. The van der Waals surface area contributed by atoms with E-state index in [0.717, 1.165) is 135 Å². The van der Waals surface area contributed by atoms with Crippen molar-refractivity contribution in [1.29, 1.82) is 0 Å². The van der Waals surface area contributed by atoms with Crippen LogP contribution in [0.2, 0.25) is 0 Å². The quantitative estimate of drug-likeness (QED) is 0.0206. The largest absolute Gasteiger partial charge is 0.394 e. The maximum absolute atomic E-state index is 13.3. The molecule has 3 fully saturated rings. The number of carbonyl (C=O) groups excluding carboxylic acids is 1. The van der Waals surface area contributed by atoms with Crippen molar-refractivity contribution in [3.63, 3.8) is 0 Å². The van der Waals surface area contributed by atoms with E-state index in [1.165, 1.54) is 0 Å². The molecule has 3 aliphatic heterocycles. The van der Waals surface area contributed by atoms with E-state index >= 15 is 0 Å². The Bertz CT molecular complexity index is 2070. The van der Waals surface area contributed by atoms with Gasteiger partial charge in [-0.2, -0.15) is 0 Å². The molecule has 19 heteroatoms. The summed E-state index contributed by atoms with van der Waals surface area (Å²) in [5, 5.41) is 120. The van der Waals surface area contributed by atoms with Gasteiger partial charge in [0, 0.05) is 6.42 Å². The summed E-state index contributed by atoms with van der Waals surface area (Å²) < 4.78 is 34.2. The SMILES string of the molecule is CC/C=C\C/C=C\C/C=C\C/C=C\C/C=C\C/C=C\C/C=C\C/C=C\C/C=C\C/C=C\CCCCCCCCC(=O)NC(COC1OC(CO)C(OC2OC(CO)C(OC3OC(CO)C(O)C(O)C3O)C(O)C2O)C(O)C1O)C(O)CCCCCCCC. The first-order chi connectivity index (χ1) is 42.8. The Kier molecular flexibility index (Phi) is 44.4. The Morgan fingerprint density at radius 3 is 1.23 bits per heavy atom. The second-order valence-electron chi connectivity index (χ2n) is 22.8. The van der Waals surface area contributed by atoms with Crippen LogP contribution >= 0.6 is 0 Å². The number of hydrogen-bond acceptors (Lipinski definition) is 18. The average Bonchev–Trinajstić information content (AvgIpc) is 0.949. The fraction of sp³-hybridized carbons (Fsp3) is 0.696. The first-order valence-electron chi connectivity index (χ1n) is 32.8. The second kappa shape index (κ2) is 49.8. The highest BCUT2D eigenvalue weighted by atomic mass is 16.8. The molecule has 19 nitrogen and oxygen atoms in total. The standard InChI is InChI=1S/C69H113NO18/c1-3-5-7-9-11-12-13-14-15-16-17-18-19-20-21-22-23-24-25-26-27-28-29-30-31-32-33-34-35-36-37-38-39-40-41-43-45-47-57(75)70-52(53(74)46-44-42-10-8-6-4-2)51-83-67-63(81)60(78)65(55(49-72)85-67)88-69-64(82)61(79)66(56(50-73)86-69)87-68-62(80)59(77)58(76)54(48-71)84-68/h5,7,11-12,14-15,17-18,20-21,23-24,26-27,29-30,32-33,35-36,52-56,58-69,71-74,76-82H,3-4,6,8-10,13,16,19,22,25,28,31,34,37-51H2,1-2H3,(H,70,75)/b7-5-,12-11-,15-14-,18-17-,21-20-,24-23-,27-26-,30-29-,33-32-,36-35-. The van der Waals surface area contributed by atoms with E-state index in [0.29, 0.717) is 19.3 Å². The van der Waals surface area contributed by atoms with Crippen molar-refractivity contribution in [3.05, 3.63) is 122 Å². The molecule has 0 spiro atoms. The average molecular weight is 1240 g/mol. The normalized spacial score (nSPS) is 29.2. The van der Waals surface area contributed by atoms with Crippen molar-refractivity contribution in [2.75, 3.05) is 26.4 Å². The molecule has 12 N–H and O–H groups in total. The molecule has 3 saturated heterocycles. The molecule has 88 heavy (non-hydrogen) atoms. The lowest BCUT2D eigenvalue weighted by Crippen LogP contribution is -2.66. The van der Waals surface area contributed by atoms with Gasteiger partial charge in [-0.05, 0) is 89.9 Å². The van der Waals surface area contributed by atoms with Crippen molar-refractivity contribution >= 4 is 5.91 Å². The molecule has 3 heterocycles. The van der Waals surface area contributed by atoms with Crippen LogP contribution in [0.5, 0.6) is 0 Å². The maximum Gasteiger partial charge on any atom is 0.220 e. The molecule has 1 amide bonds. The molecule has 0 aliphatic carbocycles. The Labute approximate surface area is 525 Å². The van der Waals surface area contributed by atoms with Crippen LogP contribution in [-0.4, -0.2) is 193 Å². The van der Waals surface area contributed by atoms with Crippen LogP contribution < -0.4 is 5.32 Å². The lowest BCUT2D eigenvalue weighted by atomic mass is 9.96. The van der Waals surface area contributed by atoms with Gasteiger partial charge in [-0.1, -0.05) is 200 Å². The molecule has 3 aliphatic rings. The molecule has 0 aromatic rings. The number of hydrogen-bond donors (Lipinski definition) is 12. The number of ether oxygens (including phenoxy) is 6. The van der Waals surface area contributed by atoms with Crippen LogP contribution in [0, 0.1) is 0 Å². The summed E-state index contributed by atoms with van der Waals surface area (Å²) in [6.07, 6.45) is 40.7. The molecule has 0 radical (unpaired) electrons. The fourth-order valence-electron chi connectivity index (χ4n) is 10.2. The van der Waals surface area contributed by atoms with Crippen LogP contribution in [0.4, 0.5) is 0 Å². The minimum Gasteiger partial charge on any atom is -0.394 e. The van der Waals surface area contributed by atoms with Crippen LogP contribution in [0.15, 0.2) is 122 Å². The first-order valence-corrected chi connectivity index (χ1v) is 32.8. The van der Waals surface area contributed by atoms with Gasteiger partial charge >= 0.3 is 0 Å². The van der Waals surface area contributed by atoms with Gasteiger partial charge in [-0.3, -0.25) is 4.79 Å². The van der Waals surface area contributed by atoms with Crippen molar-refractivity contribution in [2.24, 2.45) is 0 Å². The number of rotatable bonds is 47. The number of unbranched alkanes of at least 4 members (excludes halogenated alkanes) is 11. The highest BCUT2D eigenvalue weighted by molar-refractivity contribution is 5.76. The summed E-state index contributed by atoms with van der Waals surface area (Å²) in [6, 6.07) is -0.900. The molecular formula is C69H113NO18. The molecule has 0 saturated carbocycles. The minimum atomic E-state index is -1.98. The highest BCUT2D eigenvalue weighted by Gasteiger charge is 2.53. The van der Waals surface area contributed by atoms with E-state index < -0.39 is 124 Å².